The second-order valence-corrected chi connectivity index (χ2v) is 3.36. The molecule has 0 saturated carbocycles. The minimum atomic E-state index is -1.16. The van der Waals surface area contributed by atoms with Gasteiger partial charge in [0.15, 0.2) is 5.78 Å². The fraction of sp³-hybridized carbons (Fsp3) is 0.0909. The molecule has 0 fully saturated rings. The molecule has 1 atom stereocenters. The summed E-state index contributed by atoms with van der Waals surface area (Å²) in [6.07, 6.45) is 2.87. The Morgan fingerprint density at radius 3 is 2.73 bits per heavy atom. The van der Waals surface area contributed by atoms with Gasteiger partial charge in [-0.1, -0.05) is 18.2 Å². The van der Waals surface area contributed by atoms with Crippen LogP contribution in [0.2, 0.25) is 0 Å². The van der Waals surface area contributed by atoms with Crippen LogP contribution in [0, 0.1) is 0 Å². The number of aliphatic carboxylic acids is 1. The quantitative estimate of drug-likeness (QED) is 0.527. The first-order valence-corrected chi connectivity index (χ1v) is 4.44. The topological polar surface area (TPSA) is 80.4 Å². The summed E-state index contributed by atoms with van der Waals surface area (Å²) in [6.45, 7) is 0. The third-order valence-corrected chi connectivity index (χ3v) is 2.42. The number of carbonyl (C=O) groups excluding carboxylic acids is 1. The highest BCUT2D eigenvalue weighted by atomic mass is 16.4. The van der Waals surface area contributed by atoms with Crippen LogP contribution < -0.4 is 5.73 Å². The summed E-state index contributed by atoms with van der Waals surface area (Å²) in [5, 5.41) is 8.97. The molecule has 0 heterocycles. The van der Waals surface area contributed by atoms with E-state index in [-0.39, 0.29) is 0 Å². The first-order valence-electron chi connectivity index (χ1n) is 4.44. The molecule has 2 rings (SSSR count). The molecule has 4 nitrogen and oxygen atoms in total. The maximum Gasteiger partial charge on any atom is 0.319 e. The average molecular weight is 203 g/mol. The van der Waals surface area contributed by atoms with Crippen molar-refractivity contribution in [2.24, 2.45) is 0 Å². The van der Waals surface area contributed by atoms with Gasteiger partial charge in [0.1, 0.15) is 5.92 Å². The van der Waals surface area contributed by atoms with Crippen LogP contribution in [-0.4, -0.2) is 16.9 Å². The highest BCUT2D eigenvalue weighted by Crippen LogP contribution is 2.32. The Bertz CT molecular complexity index is 477. The molecule has 0 spiro atoms. The molecule has 1 aliphatic rings. The number of hydrogen-bond acceptors (Lipinski definition) is 3. The largest absolute Gasteiger partial charge is 0.480 e. The van der Waals surface area contributed by atoms with E-state index in [2.05, 4.69) is 0 Å². The first-order chi connectivity index (χ1) is 7.11. The van der Waals surface area contributed by atoms with E-state index in [0.717, 1.165) is 0 Å². The molecular formula is C11H9NO3. The van der Waals surface area contributed by atoms with Crippen LogP contribution in [0.4, 0.5) is 5.69 Å². The van der Waals surface area contributed by atoms with Crippen molar-refractivity contribution in [2.75, 3.05) is 5.73 Å². The number of rotatable bonds is 1. The molecule has 15 heavy (non-hydrogen) atoms. The van der Waals surface area contributed by atoms with Crippen molar-refractivity contribution >= 4 is 23.5 Å². The van der Waals surface area contributed by atoms with Gasteiger partial charge in [-0.05, 0) is 17.7 Å². The van der Waals surface area contributed by atoms with Crippen molar-refractivity contribution in [2.45, 2.75) is 5.92 Å². The van der Waals surface area contributed by atoms with E-state index in [1.54, 1.807) is 24.3 Å². The smallest absolute Gasteiger partial charge is 0.319 e. The highest BCUT2D eigenvalue weighted by Gasteiger charge is 2.32. The monoisotopic (exact) mass is 203 g/mol. The van der Waals surface area contributed by atoms with Gasteiger partial charge in [0.2, 0.25) is 0 Å². The molecule has 0 aliphatic heterocycles. The summed E-state index contributed by atoms with van der Waals surface area (Å²) in [5.74, 6) is -2.76. The lowest BCUT2D eigenvalue weighted by molar-refractivity contribution is -0.141. The zero-order valence-electron chi connectivity index (χ0n) is 7.81. The summed E-state index contributed by atoms with van der Waals surface area (Å²) in [4.78, 5) is 22.4. The van der Waals surface area contributed by atoms with Crippen LogP contribution in [0.3, 0.4) is 0 Å². The van der Waals surface area contributed by atoms with Crippen LogP contribution >= 0.6 is 0 Å². The third kappa shape index (κ3) is 1.40. The van der Waals surface area contributed by atoms with Gasteiger partial charge in [-0.2, -0.15) is 0 Å². The van der Waals surface area contributed by atoms with Gasteiger partial charge in [0.05, 0.1) is 0 Å². The lowest BCUT2D eigenvalue weighted by atomic mass is 9.85. The molecule has 0 saturated heterocycles. The van der Waals surface area contributed by atoms with E-state index in [9.17, 15) is 9.59 Å². The normalized spacial score (nSPS) is 18.7. The minimum absolute atomic E-state index is 0.345. The number of allylic oxidation sites excluding steroid dienone is 1. The van der Waals surface area contributed by atoms with Gasteiger partial charge in [-0.15, -0.1) is 0 Å². The van der Waals surface area contributed by atoms with Crippen LogP contribution in [0.15, 0.2) is 24.3 Å². The van der Waals surface area contributed by atoms with E-state index in [0.29, 0.717) is 16.8 Å². The van der Waals surface area contributed by atoms with Crippen molar-refractivity contribution in [3.05, 3.63) is 35.4 Å². The molecule has 1 aromatic rings. The number of nitrogens with two attached hydrogens (primary N) is 1. The van der Waals surface area contributed by atoms with E-state index in [1.807, 2.05) is 0 Å². The Kier molecular flexibility index (Phi) is 2.04. The molecule has 76 valence electrons. The molecule has 1 aliphatic carbocycles. The Balaban J connectivity index is 2.67. The molecule has 0 bridgehead atoms. The summed E-state index contributed by atoms with van der Waals surface area (Å²) >= 11 is 0. The van der Waals surface area contributed by atoms with Gasteiger partial charge in [-0.3, -0.25) is 9.59 Å². The number of fused-ring (bicyclic) bond motifs is 1. The second-order valence-electron chi connectivity index (χ2n) is 3.36. The predicted molar refractivity (Wildman–Crippen MR) is 55.3 cm³/mol. The lowest BCUT2D eigenvalue weighted by Crippen LogP contribution is -2.24. The summed E-state index contributed by atoms with van der Waals surface area (Å²) in [7, 11) is 0. The van der Waals surface area contributed by atoms with Crippen molar-refractivity contribution in [3.8, 4) is 0 Å². The van der Waals surface area contributed by atoms with Crippen molar-refractivity contribution in [1.82, 2.24) is 0 Å². The van der Waals surface area contributed by atoms with Crippen LogP contribution in [0.25, 0.3) is 6.08 Å². The standard InChI is InChI=1S/C11H9NO3/c12-7-3-1-2-6-4-5-8(13)10(9(6)7)11(14)15/h1-5,10H,12H2,(H,14,15). The zero-order chi connectivity index (χ0) is 11.0. The van der Waals surface area contributed by atoms with Crippen LogP contribution in [-0.2, 0) is 9.59 Å². The van der Waals surface area contributed by atoms with Crippen molar-refractivity contribution < 1.29 is 14.7 Å². The molecule has 1 aromatic carbocycles. The third-order valence-electron chi connectivity index (χ3n) is 2.42. The number of anilines is 1. The minimum Gasteiger partial charge on any atom is -0.480 e. The van der Waals surface area contributed by atoms with Crippen molar-refractivity contribution in [1.29, 1.82) is 0 Å². The second kappa shape index (κ2) is 3.24. The number of carboxylic acid groups (broad SMARTS) is 1. The molecule has 1 unspecified atom stereocenters. The molecule has 0 aromatic heterocycles. The Labute approximate surface area is 86.0 Å². The summed E-state index contributed by atoms with van der Waals surface area (Å²) in [6, 6.07) is 5.07. The van der Waals surface area contributed by atoms with E-state index in [1.165, 1.54) is 6.08 Å². The first kappa shape index (κ1) is 9.45. The predicted octanol–water partition coefficient (Wildman–Crippen LogP) is 1.03. The number of nitrogen functional groups attached to an aromatic ring is 1. The average Bonchev–Trinajstić information content (AvgIpc) is 2.18. The molecule has 3 N–H and O–H groups in total. The molecular weight excluding hydrogens is 194 g/mol. The maximum atomic E-state index is 11.4. The van der Waals surface area contributed by atoms with Gasteiger partial charge < -0.3 is 10.8 Å². The van der Waals surface area contributed by atoms with Crippen LogP contribution in [0.5, 0.6) is 0 Å². The lowest BCUT2D eigenvalue weighted by Gasteiger charge is -2.18. The molecule has 0 radical (unpaired) electrons. The highest BCUT2D eigenvalue weighted by molar-refractivity contribution is 6.14. The van der Waals surface area contributed by atoms with Gasteiger partial charge >= 0.3 is 5.97 Å². The SMILES string of the molecule is Nc1cccc2c1C(C(=O)O)C(=O)C=C2. The maximum absolute atomic E-state index is 11.4. The number of carboxylic acids is 1. The molecule has 0 amide bonds. The van der Waals surface area contributed by atoms with Gasteiger partial charge in [0, 0.05) is 11.3 Å². The number of benzene rings is 1. The summed E-state index contributed by atoms with van der Waals surface area (Å²) in [5.41, 5.74) is 7.12. The fourth-order valence-corrected chi connectivity index (χ4v) is 1.74. The van der Waals surface area contributed by atoms with E-state index in [4.69, 9.17) is 10.8 Å². The number of ketones is 1. The molecule has 4 heteroatoms. The number of hydrogen-bond donors (Lipinski definition) is 2. The summed E-state index contributed by atoms with van der Waals surface area (Å²) < 4.78 is 0. The van der Waals surface area contributed by atoms with Gasteiger partial charge in [0.25, 0.3) is 0 Å². The van der Waals surface area contributed by atoms with Gasteiger partial charge in [-0.25, -0.2) is 0 Å². The number of carbonyl (C=O) groups is 2. The Morgan fingerprint density at radius 2 is 2.07 bits per heavy atom. The van der Waals surface area contributed by atoms with E-state index >= 15 is 0 Å². The van der Waals surface area contributed by atoms with Crippen LogP contribution in [0.1, 0.15) is 17.0 Å². The Morgan fingerprint density at radius 1 is 1.33 bits per heavy atom. The fourth-order valence-electron chi connectivity index (χ4n) is 1.74. The zero-order valence-corrected chi connectivity index (χ0v) is 7.81. The van der Waals surface area contributed by atoms with E-state index < -0.39 is 17.7 Å². The Hall–Kier alpha value is -2.10. The van der Waals surface area contributed by atoms with Crippen molar-refractivity contribution in [3.63, 3.8) is 0 Å².